The minimum absolute atomic E-state index is 0.574. The summed E-state index contributed by atoms with van der Waals surface area (Å²) < 4.78 is 5.19. The summed E-state index contributed by atoms with van der Waals surface area (Å²) in [4.78, 5) is 7.09. The molecule has 0 bridgehead atoms. The van der Waals surface area contributed by atoms with E-state index >= 15 is 0 Å². The molecule has 1 aromatic heterocycles. The van der Waals surface area contributed by atoms with Crippen LogP contribution in [0.2, 0.25) is 0 Å². The van der Waals surface area contributed by atoms with Gasteiger partial charge in [-0.3, -0.25) is 0 Å². The van der Waals surface area contributed by atoms with Gasteiger partial charge in [0.05, 0.1) is 6.61 Å². The second kappa shape index (κ2) is 7.41. The number of aromatic nitrogens is 1. The SMILES string of the molecule is CCCc1cc(CN)cc(N2CC=C(COC)CC2)n1. The zero-order valence-electron chi connectivity index (χ0n) is 12.6. The van der Waals surface area contributed by atoms with Gasteiger partial charge >= 0.3 is 0 Å². The maximum Gasteiger partial charge on any atom is 0.129 e. The summed E-state index contributed by atoms with van der Waals surface area (Å²) in [5, 5.41) is 0. The molecule has 0 aromatic carbocycles. The van der Waals surface area contributed by atoms with E-state index in [9.17, 15) is 0 Å². The van der Waals surface area contributed by atoms with Crippen LogP contribution in [-0.2, 0) is 17.7 Å². The lowest BCUT2D eigenvalue weighted by Crippen LogP contribution is -2.30. The van der Waals surface area contributed by atoms with Gasteiger partial charge in [-0.1, -0.05) is 19.4 Å². The van der Waals surface area contributed by atoms with Gasteiger partial charge in [0.2, 0.25) is 0 Å². The highest BCUT2D eigenvalue weighted by Gasteiger charge is 2.14. The minimum atomic E-state index is 0.574. The van der Waals surface area contributed by atoms with Gasteiger partial charge in [-0.2, -0.15) is 0 Å². The average Bonchev–Trinajstić information content (AvgIpc) is 2.48. The van der Waals surface area contributed by atoms with E-state index in [4.69, 9.17) is 15.5 Å². The number of rotatable bonds is 6. The molecule has 1 aromatic rings. The lowest BCUT2D eigenvalue weighted by atomic mass is 10.1. The largest absolute Gasteiger partial charge is 0.380 e. The average molecular weight is 275 g/mol. The summed E-state index contributed by atoms with van der Waals surface area (Å²) in [6.07, 6.45) is 5.42. The maximum absolute atomic E-state index is 5.80. The monoisotopic (exact) mass is 275 g/mol. The summed E-state index contributed by atoms with van der Waals surface area (Å²) >= 11 is 0. The van der Waals surface area contributed by atoms with Crippen LogP contribution in [0.15, 0.2) is 23.8 Å². The highest BCUT2D eigenvalue weighted by Crippen LogP contribution is 2.20. The highest BCUT2D eigenvalue weighted by atomic mass is 16.5. The molecule has 20 heavy (non-hydrogen) atoms. The molecule has 2 N–H and O–H groups in total. The van der Waals surface area contributed by atoms with E-state index in [0.717, 1.165) is 50.5 Å². The Labute approximate surface area is 121 Å². The number of anilines is 1. The molecular weight excluding hydrogens is 250 g/mol. The fourth-order valence-electron chi connectivity index (χ4n) is 2.53. The van der Waals surface area contributed by atoms with Crippen LogP contribution in [0.3, 0.4) is 0 Å². The second-order valence-electron chi connectivity index (χ2n) is 5.27. The minimum Gasteiger partial charge on any atom is -0.380 e. The summed E-state index contributed by atoms with van der Waals surface area (Å²) in [6.45, 7) is 5.40. The van der Waals surface area contributed by atoms with Gasteiger partial charge in [0, 0.05) is 32.4 Å². The molecule has 4 heteroatoms. The molecule has 1 aliphatic rings. The van der Waals surface area contributed by atoms with Crippen LogP contribution in [0.1, 0.15) is 31.0 Å². The Kier molecular flexibility index (Phi) is 5.56. The van der Waals surface area contributed by atoms with Gasteiger partial charge in [0.1, 0.15) is 5.82 Å². The van der Waals surface area contributed by atoms with Gasteiger partial charge in [-0.25, -0.2) is 4.98 Å². The second-order valence-corrected chi connectivity index (χ2v) is 5.27. The van der Waals surface area contributed by atoms with Crippen LogP contribution in [-0.4, -0.2) is 31.8 Å². The smallest absolute Gasteiger partial charge is 0.129 e. The topological polar surface area (TPSA) is 51.4 Å². The molecule has 0 saturated heterocycles. The first-order chi connectivity index (χ1) is 9.76. The van der Waals surface area contributed by atoms with Crippen molar-refractivity contribution in [2.24, 2.45) is 5.73 Å². The van der Waals surface area contributed by atoms with Crippen LogP contribution in [0, 0.1) is 0 Å². The molecule has 0 saturated carbocycles. The number of hydrogen-bond acceptors (Lipinski definition) is 4. The standard InChI is InChI=1S/C16H25N3O/c1-3-4-15-9-14(11-17)10-16(18-15)19-7-5-13(6-8-19)12-20-2/h5,9-10H,3-4,6-8,11-12,17H2,1-2H3. The number of methoxy groups -OCH3 is 1. The molecule has 0 radical (unpaired) electrons. The van der Waals surface area contributed by atoms with Crippen LogP contribution >= 0.6 is 0 Å². The zero-order valence-corrected chi connectivity index (χ0v) is 12.6. The molecule has 4 nitrogen and oxygen atoms in total. The Balaban J connectivity index is 2.14. The van der Waals surface area contributed by atoms with E-state index in [-0.39, 0.29) is 0 Å². The van der Waals surface area contributed by atoms with Crippen molar-refractivity contribution >= 4 is 5.82 Å². The number of hydrogen-bond donors (Lipinski definition) is 1. The van der Waals surface area contributed by atoms with Crippen molar-refractivity contribution in [3.63, 3.8) is 0 Å². The number of nitrogens with two attached hydrogens (primary N) is 1. The first-order valence-corrected chi connectivity index (χ1v) is 7.38. The molecule has 0 atom stereocenters. The number of nitrogens with zero attached hydrogens (tertiary/aromatic N) is 2. The molecule has 0 amide bonds. The Morgan fingerprint density at radius 2 is 2.25 bits per heavy atom. The maximum atomic E-state index is 5.80. The van der Waals surface area contributed by atoms with E-state index in [1.54, 1.807) is 7.11 Å². The van der Waals surface area contributed by atoms with E-state index in [1.807, 2.05) is 0 Å². The van der Waals surface area contributed by atoms with Crippen LogP contribution in [0.25, 0.3) is 0 Å². The van der Waals surface area contributed by atoms with Crippen molar-refractivity contribution in [3.05, 3.63) is 35.0 Å². The summed E-state index contributed by atoms with van der Waals surface area (Å²) in [7, 11) is 1.75. The lowest BCUT2D eigenvalue weighted by Gasteiger charge is -2.28. The normalized spacial score (nSPS) is 15.3. The number of pyridine rings is 1. The molecule has 0 unspecified atom stereocenters. The van der Waals surface area contributed by atoms with E-state index in [0.29, 0.717) is 6.54 Å². The molecule has 110 valence electrons. The van der Waals surface area contributed by atoms with Gasteiger partial charge in [0.25, 0.3) is 0 Å². The van der Waals surface area contributed by atoms with Crippen molar-refractivity contribution in [1.82, 2.24) is 4.98 Å². The molecule has 1 aliphatic heterocycles. The predicted octanol–water partition coefficient (Wildman–Crippen LogP) is 2.28. The van der Waals surface area contributed by atoms with Crippen LogP contribution < -0.4 is 10.6 Å². The summed E-state index contributed by atoms with van der Waals surface area (Å²) in [5.41, 5.74) is 9.50. The highest BCUT2D eigenvalue weighted by molar-refractivity contribution is 5.45. The number of ether oxygens (including phenoxy) is 1. The molecule has 2 rings (SSSR count). The van der Waals surface area contributed by atoms with E-state index < -0.39 is 0 Å². The van der Waals surface area contributed by atoms with Gasteiger partial charge in [0.15, 0.2) is 0 Å². The summed E-state index contributed by atoms with van der Waals surface area (Å²) in [6, 6.07) is 4.25. The zero-order chi connectivity index (χ0) is 14.4. The molecule has 0 fully saturated rings. The number of aryl methyl sites for hydroxylation is 1. The Morgan fingerprint density at radius 1 is 1.40 bits per heavy atom. The fraction of sp³-hybridized carbons (Fsp3) is 0.562. The molecule has 2 heterocycles. The first kappa shape index (κ1) is 15.0. The van der Waals surface area contributed by atoms with Gasteiger partial charge in [-0.05, 0) is 36.1 Å². The third kappa shape index (κ3) is 3.81. The predicted molar refractivity (Wildman–Crippen MR) is 82.9 cm³/mol. The third-order valence-corrected chi connectivity index (χ3v) is 3.62. The van der Waals surface area contributed by atoms with E-state index in [1.165, 1.54) is 11.1 Å². The van der Waals surface area contributed by atoms with Crippen molar-refractivity contribution in [1.29, 1.82) is 0 Å². The Bertz CT molecular complexity index is 471. The molecule has 0 spiro atoms. The summed E-state index contributed by atoms with van der Waals surface area (Å²) in [5.74, 6) is 1.06. The van der Waals surface area contributed by atoms with Crippen molar-refractivity contribution in [2.75, 3.05) is 31.7 Å². The van der Waals surface area contributed by atoms with Gasteiger partial charge < -0.3 is 15.4 Å². The van der Waals surface area contributed by atoms with Crippen LogP contribution in [0.4, 0.5) is 5.82 Å². The fourth-order valence-corrected chi connectivity index (χ4v) is 2.53. The van der Waals surface area contributed by atoms with E-state index in [2.05, 4.69) is 30.0 Å². The third-order valence-electron chi connectivity index (χ3n) is 3.62. The van der Waals surface area contributed by atoms with Crippen molar-refractivity contribution in [3.8, 4) is 0 Å². The van der Waals surface area contributed by atoms with Gasteiger partial charge in [-0.15, -0.1) is 0 Å². The lowest BCUT2D eigenvalue weighted by molar-refractivity contribution is 0.222. The van der Waals surface area contributed by atoms with Crippen LogP contribution in [0.5, 0.6) is 0 Å². The molecular formula is C16H25N3O. The van der Waals surface area contributed by atoms with Crippen molar-refractivity contribution in [2.45, 2.75) is 32.7 Å². The first-order valence-electron chi connectivity index (χ1n) is 7.38. The molecule has 0 aliphatic carbocycles. The quantitative estimate of drug-likeness (QED) is 0.809. The Hall–Kier alpha value is -1.39. The Morgan fingerprint density at radius 3 is 2.85 bits per heavy atom. The van der Waals surface area contributed by atoms with Crippen molar-refractivity contribution < 1.29 is 4.74 Å².